The number of carbonyl (C=O) groups is 1. The number of benzene rings is 2. The SMILES string of the molecule is O=C1c2cc(-c3ccc(OC(F)(F)F)cc3)ccc2OCCN1CCCS(=O)O. The maximum atomic E-state index is 12.9. The molecule has 1 aliphatic heterocycles. The lowest BCUT2D eigenvalue weighted by Gasteiger charge is -2.19. The fourth-order valence-corrected chi connectivity index (χ4v) is 3.36. The summed E-state index contributed by atoms with van der Waals surface area (Å²) < 4.78 is 66.1. The highest BCUT2D eigenvalue weighted by molar-refractivity contribution is 7.79. The van der Waals surface area contributed by atoms with Crippen molar-refractivity contribution < 1.29 is 36.2 Å². The monoisotopic (exact) mass is 429 g/mol. The Hall–Kier alpha value is -2.59. The van der Waals surface area contributed by atoms with Crippen LogP contribution in [0, 0.1) is 0 Å². The van der Waals surface area contributed by atoms with Crippen LogP contribution < -0.4 is 9.47 Å². The van der Waals surface area contributed by atoms with Crippen LogP contribution in [0.3, 0.4) is 0 Å². The molecule has 1 heterocycles. The molecule has 0 bridgehead atoms. The highest BCUT2D eigenvalue weighted by atomic mass is 32.2. The van der Waals surface area contributed by atoms with E-state index in [1.165, 1.54) is 24.3 Å². The molecule has 0 fully saturated rings. The summed E-state index contributed by atoms with van der Waals surface area (Å²) in [7, 11) is 0. The molecule has 1 aliphatic rings. The molecule has 0 aromatic heterocycles. The van der Waals surface area contributed by atoms with Gasteiger partial charge in [0, 0.05) is 6.54 Å². The van der Waals surface area contributed by atoms with E-state index in [0.29, 0.717) is 48.6 Å². The van der Waals surface area contributed by atoms with Crippen molar-refractivity contribution in [2.75, 3.05) is 25.4 Å². The summed E-state index contributed by atoms with van der Waals surface area (Å²) in [6.07, 6.45) is -4.38. The number of halogens is 3. The number of nitrogens with zero attached hydrogens (tertiary/aromatic N) is 1. The zero-order valence-electron chi connectivity index (χ0n) is 15.1. The van der Waals surface area contributed by atoms with Crippen LogP contribution >= 0.6 is 0 Å². The zero-order chi connectivity index (χ0) is 21.0. The van der Waals surface area contributed by atoms with Crippen molar-refractivity contribution in [3.8, 4) is 22.6 Å². The maximum Gasteiger partial charge on any atom is 0.573 e. The van der Waals surface area contributed by atoms with Gasteiger partial charge in [-0.05, 0) is 41.8 Å². The van der Waals surface area contributed by atoms with Crippen LogP contribution in [0.2, 0.25) is 0 Å². The molecule has 2 aromatic rings. The second-order valence-electron chi connectivity index (χ2n) is 6.30. The average Bonchev–Trinajstić information content (AvgIpc) is 2.80. The Labute approximate surface area is 167 Å². The van der Waals surface area contributed by atoms with Crippen molar-refractivity contribution in [1.29, 1.82) is 0 Å². The number of hydrogen-bond donors (Lipinski definition) is 1. The van der Waals surface area contributed by atoms with E-state index in [0.717, 1.165) is 0 Å². The fourth-order valence-electron chi connectivity index (χ4n) is 2.98. The first-order valence-electron chi connectivity index (χ1n) is 8.73. The molecule has 6 nitrogen and oxygen atoms in total. The fraction of sp³-hybridized carbons (Fsp3) is 0.316. The number of alkyl halides is 3. The Kier molecular flexibility index (Phi) is 6.43. The van der Waals surface area contributed by atoms with Gasteiger partial charge >= 0.3 is 6.36 Å². The second-order valence-corrected chi connectivity index (χ2v) is 7.35. The van der Waals surface area contributed by atoms with Crippen molar-refractivity contribution in [3.05, 3.63) is 48.0 Å². The largest absolute Gasteiger partial charge is 0.573 e. The molecule has 0 saturated carbocycles. The van der Waals surface area contributed by atoms with Crippen molar-refractivity contribution in [3.63, 3.8) is 0 Å². The first-order chi connectivity index (χ1) is 13.7. The molecule has 1 N–H and O–H groups in total. The van der Waals surface area contributed by atoms with Crippen molar-refractivity contribution in [2.45, 2.75) is 12.8 Å². The molecule has 2 aromatic carbocycles. The van der Waals surface area contributed by atoms with E-state index in [1.807, 2.05) is 0 Å². The van der Waals surface area contributed by atoms with Gasteiger partial charge in [0.05, 0.1) is 17.9 Å². The third kappa shape index (κ3) is 5.70. The lowest BCUT2D eigenvalue weighted by molar-refractivity contribution is -0.274. The molecule has 3 rings (SSSR count). The van der Waals surface area contributed by atoms with Gasteiger partial charge in [-0.25, -0.2) is 4.21 Å². The van der Waals surface area contributed by atoms with Crippen LogP contribution in [0.1, 0.15) is 16.8 Å². The Bertz CT molecular complexity index is 902. The zero-order valence-corrected chi connectivity index (χ0v) is 16.0. The van der Waals surface area contributed by atoms with Crippen molar-refractivity contribution in [2.24, 2.45) is 0 Å². The van der Waals surface area contributed by atoms with Gasteiger partial charge in [0.2, 0.25) is 0 Å². The molecule has 1 atom stereocenters. The quantitative estimate of drug-likeness (QED) is 0.709. The van der Waals surface area contributed by atoms with Gasteiger partial charge in [0.25, 0.3) is 5.91 Å². The first-order valence-corrected chi connectivity index (χ1v) is 10.0. The second kappa shape index (κ2) is 8.83. The van der Waals surface area contributed by atoms with E-state index in [4.69, 9.17) is 9.29 Å². The molecule has 0 radical (unpaired) electrons. The number of amides is 1. The van der Waals surface area contributed by atoms with Gasteiger partial charge in [-0.3, -0.25) is 4.79 Å². The minimum absolute atomic E-state index is 0.0733. The third-order valence-electron chi connectivity index (χ3n) is 4.28. The van der Waals surface area contributed by atoms with Gasteiger partial charge in [-0.1, -0.05) is 18.2 Å². The number of fused-ring (bicyclic) bond motifs is 1. The summed E-state index contributed by atoms with van der Waals surface area (Å²) in [4.78, 5) is 14.4. The number of ether oxygens (including phenoxy) is 2. The predicted octanol–water partition coefficient (Wildman–Crippen LogP) is 3.70. The number of hydrogen-bond acceptors (Lipinski definition) is 4. The molecular formula is C19H18F3NO5S. The molecular weight excluding hydrogens is 411 g/mol. The van der Waals surface area contributed by atoms with Gasteiger partial charge < -0.3 is 18.9 Å². The average molecular weight is 429 g/mol. The minimum atomic E-state index is -4.76. The van der Waals surface area contributed by atoms with Crippen LogP contribution in [-0.2, 0) is 11.1 Å². The lowest BCUT2D eigenvalue weighted by Crippen LogP contribution is -2.33. The Morgan fingerprint density at radius 2 is 1.83 bits per heavy atom. The first kappa shape index (κ1) is 21.1. The number of carbonyl (C=O) groups excluding carboxylic acids is 1. The summed E-state index contributed by atoms with van der Waals surface area (Å²) in [5, 5.41) is 0. The van der Waals surface area contributed by atoms with Crippen LogP contribution in [0.25, 0.3) is 11.1 Å². The number of rotatable bonds is 6. The van der Waals surface area contributed by atoms with Gasteiger partial charge in [0.1, 0.15) is 18.1 Å². The van der Waals surface area contributed by atoms with Crippen LogP contribution in [-0.4, -0.2) is 51.4 Å². The summed E-state index contributed by atoms with van der Waals surface area (Å²) in [5.74, 6) is -0.101. The molecule has 1 unspecified atom stereocenters. The van der Waals surface area contributed by atoms with E-state index >= 15 is 0 Å². The summed E-state index contributed by atoms with van der Waals surface area (Å²) in [6.45, 7) is 0.968. The summed E-state index contributed by atoms with van der Waals surface area (Å²) in [6, 6.07) is 10.3. The molecule has 0 spiro atoms. The highest BCUT2D eigenvalue weighted by Gasteiger charge is 2.31. The highest BCUT2D eigenvalue weighted by Crippen LogP contribution is 2.31. The van der Waals surface area contributed by atoms with E-state index in [2.05, 4.69) is 4.74 Å². The molecule has 156 valence electrons. The third-order valence-corrected chi connectivity index (χ3v) is 4.92. The lowest BCUT2D eigenvalue weighted by atomic mass is 10.0. The molecule has 0 saturated heterocycles. The molecule has 10 heteroatoms. The van der Waals surface area contributed by atoms with Gasteiger partial charge in [-0.2, -0.15) is 0 Å². The van der Waals surface area contributed by atoms with Crippen molar-refractivity contribution >= 4 is 17.0 Å². The summed E-state index contributed by atoms with van der Waals surface area (Å²) in [5.41, 5.74) is 1.58. The van der Waals surface area contributed by atoms with Crippen LogP contribution in [0.4, 0.5) is 13.2 Å². The standard InChI is InChI=1S/C19H18F3NO5S/c20-19(21,22)28-15-5-2-13(3-6-15)14-4-7-17-16(12-14)18(24)23(9-10-27-17)8-1-11-29(25)26/h2-7,12H,1,8-11H2,(H,25,26). The van der Waals surface area contributed by atoms with Crippen LogP contribution in [0.15, 0.2) is 42.5 Å². The van der Waals surface area contributed by atoms with E-state index < -0.39 is 17.4 Å². The predicted molar refractivity (Wildman–Crippen MR) is 100 cm³/mol. The summed E-state index contributed by atoms with van der Waals surface area (Å²) >= 11 is -1.92. The van der Waals surface area contributed by atoms with E-state index in [-0.39, 0.29) is 17.4 Å². The van der Waals surface area contributed by atoms with Gasteiger partial charge in [0.15, 0.2) is 11.1 Å². The minimum Gasteiger partial charge on any atom is -0.491 e. The Morgan fingerprint density at radius 1 is 1.14 bits per heavy atom. The smallest absolute Gasteiger partial charge is 0.491 e. The van der Waals surface area contributed by atoms with E-state index in [1.54, 1.807) is 23.1 Å². The Morgan fingerprint density at radius 3 is 2.48 bits per heavy atom. The van der Waals surface area contributed by atoms with Gasteiger partial charge in [-0.15, -0.1) is 13.2 Å². The normalized spacial score (nSPS) is 15.3. The molecule has 0 aliphatic carbocycles. The van der Waals surface area contributed by atoms with Crippen LogP contribution in [0.5, 0.6) is 11.5 Å². The Balaban J connectivity index is 1.80. The molecule has 29 heavy (non-hydrogen) atoms. The topological polar surface area (TPSA) is 76.1 Å². The van der Waals surface area contributed by atoms with E-state index in [9.17, 15) is 22.2 Å². The maximum absolute atomic E-state index is 12.9. The molecule has 1 amide bonds. The van der Waals surface area contributed by atoms with Crippen molar-refractivity contribution in [1.82, 2.24) is 4.90 Å².